The highest BCUT2D eigenvalue weighted by molar-refractivity contribution is 6.20. The van der Waals surface area contributed by atoms with Crippen molar-refractivity contribution in [1.82, 2.24) is 5.32 Å². The summed E-state index contributed by atoms with van der Waals surface area (Å²) in [5, 5.41) is 3.63. The average molecular weight is 240 g/mol. The quantitative estimate of drug-likeness (QED) is 0.774. The second kappa shape index (κ2) is 6.27. The molecule has 1 N–H and O–H groups in total. The summed E-state index contributed by atoms with van der Waals surface area (Å²) >= 11 is 6.19. The van der Waals surface area contributed by atoms with E-state index < -0.39 is 0 Å². The predicted molar refractivity (Wildman–Crippen MR) is 72.1 cm³/mol. The molecule has 0 fully saturated rings. The van der Waals surface area contributed by atoms with Gasteiger partial charge in [0.1, 0.15) is 0 Å². The van der Waals surface area contributed by atoms with Crippen molar-refractivity contribution < 1.29 is 0 Å². The van der Waals surface area contributed by atoms with Crippen LogP contribution in [0.3, 0.4) is 0 Å². The largest absolute Gasteiger partial charge is 0.311 e. The zero-order valence-electron chi connectivity index (χ0n) is 10.7. The maximum absolute atomic E-state index is 6.19. The number of nitrogens with one attached hydrogen (secondary N) is 1. The first-order valence-electron chi connectivity index (χ1n) is 5.91. The zero-order chi connectivity index (χ0) is 12.1. The molecule has 0 bridgehead atoms. The highest BCUT2D eigenvalue weighted by Gasteiger charge is 2.08. The van der Waals surface area contributed by atoms with E-state index >= 15 is 0 Å². The summed E-state index contributed by atoms with van der Waals surface area (Å²) in [5.74, 6) is 0.521. The molecule has 0 aromatic heterocycles. The van der Waals surface area contributed by atoms with E-state index in [-0.39, 0.29) is 5.38 Å². The van der Waals surface area contributed by atoms with Gasteiger partial charge in [-0.15, -0.1) is 11.6 Å². The molecular weight excluding hydrogens is 218 g/mol. The van der Waals surface area contributed by atoms with E-state index in [4.69, 9.17) is 11.6 Å². The summed E-state index contributed by atoms with van der Waals surface area (Å²) in [6.07, 6.45) is 0. The fourth-order valence-corrected chi connectivity index (χ4v) is 1.68. The Bertz CT molecular complexity index is 334. The van der Waals surface area contributed by atoms with Gasteiger partial charge in [0.05, 0.1) is 0 Å². The number of hydrogen-bond donors (Lipinski definition) is 1. The first-order valence-corrected chi connectivity index (χ1v) is 6.35. The average Bonchev–Trinajstić information content (AvgIpc) is 2.22. The van der Waals surface area contributed by atoms with E-state index in [1.807, 2.05) is 0 Å². The number of rotatable bonds is 5. The Hall–Kier alpha value is -0.530. The third-order valence-corrected chi connectivity index (χ3v) is 3.54. The number of benzene rings is 1. The van der Waals surface area contributed by atoms with Crippen molar-refractivity contribution in [2.24, 2.45) is 5.92 Å². The number of halogens is 1. The molecule has 0 aliphatic heterocycles. The van der Waals surface area contributed by atoms with E-state index in [0.717, 1.165) is 13.1 Å². The Kier molecular flexibility index (Phi) is 5.30. The second-order valence-electron chi connectivity index (χ2n) is 4.82. The van der Waals surface area contributed by atoms with Gasteiger partial charge >= 0.3 is 0 Å². The van der Waals surface area contributed by atoms with Gasteiger partial charge < -0.3 is 5.32 Å². The zero-order valence-corrected chi connectivity index (χ0v) is 11.4. The predicted octanol–water partition coefficient (Wildman–Crippen LogP) is 3.66. The van der Waals surface area contributed by atoms with Crippen molar-refractivity contribution >= 4 is 11.6 Å². The SMILES string of the molecule is Cc1ccc(C)c(CNCC(Cl)C(C)C)c1. The maximum Gasteiger partial charge on any atom is 0.0483 e. The standard InChI is InChI=1S/C14H22ClN/c1-10(2)14(15)9-16-8-13-7-11(3)5-6-12(13)4/h5-7,10,14,16H,8-9H2,1-4H3. The highest BCUT2D eigenvalue weighted by Crippen LogP contribution is 2.11. The monoisotopic (exact) mass is 239 g/mol. The van der Waals surface area contributed by atoms with E-state index in [1.54, 1.807) is 0 Å². The van der Waals surface area contributed by atoms with Crippen LogP contribution >= 0.6 is 11.6 Å². The van der Waals surface area contributed by atoms with Crippen molar-refractivity contribution in [3.8, 4) is 0 Å². The van der Waals surface area contributed by atoms with Crippen LogP contribution in [0, 0.1) is 19.8 Å². The summed E-state index contributed by atoms with van der Waals surface area (Å²) in [7, 11) is 0. The van der Waals surface area contributed by atoms with Crippen LogP contribution in [0.2, 0.25) is 0 Å². The molecule has 1 nitrogen and oxygen atoms in total. The van der Waals surface area contributed by atoms with Crippen LogP contribution in [-0.2, 0) is 6.54 Å². The first-order chi connectivity index (χ1) is 7.50. The molecule has 0 radical (unpaired) electrons. The van der Waals surface area contributed by atoms with Gasteiger partial charge in [0.15, 0.2) is 0 Å². The van der Waals surface area contributed by atoms with E-state index in [9.17, 15) is 0 Å². The number of aryl methyl sites for hydroxylation is 2. The number of hydrogen-bond acceptors (Lipinski definition) is 1. The molecule has 0 aliphatic carbocycles. The topological polar surface area (TPSA) is 12.0 Å². The molecule has 1 aromatic carbocycles. The smallest absolute Gasteiger partial charge is 0.0483 e. The van der Waals surface area contributed by atoms with Crippen LogP contribution in [0.15, 0.2) is 18.2 Å². The molecule has 1 unspecified atom stereocenters. The van der Waals surface area contributed by atoms with Gasteiger partial charge in [0.25, 0.3) is 0 Å². The Morgan fingerprint density at radius 2 is 1.94 bits per heavy atom. The summed E-state index contributed by atoms with van der Waals surface area (Å²) < 4.78 is 0. The second-order valence-corrected chi connectivity index (χ2v) is 5.38. The highest BCUT2D eigenvalue weighted by atomic mass is 35.5. The maximum atomic E-state index is 6.19. The molecule has 16 heavy (non-hydrogen) atoms. The molecule has 1 rings (SSSR count). The summed E-state index contributed by atoms with van der Waals surface area (Å²) in [4.78, 5) is 0. The number of alkyl halides is 1. The van der Waals surface area contributed by atoms with E-state index in [1.165, 1.54) is 16.7 Å². The third-order valence-electron chi connectivity index (χ3n) is 2.88. The Balaban J connectivity index is 2.45. The van der Waals surface area contributed by atoms with Crippen LogP contribution in [0.25, 0.3) is 0 Å². The minimum atomic E-state index is 0.213. The normalized spacial score (nSPS) is 13.1. The van der Waals surface area contributed by atoms with Crippen LogP contribution in [0.4, 0.5) is 0 Å². The Morgan fingerprint density at radius 1 is 1.25 bits per heavy atom. The van der Waals surface area contributed by atoms with Crippen molar-refractivity contribution in [1.29, 1.82) is 0 Å². The fraction of sp³-hybridized carbons (Fsp3) is 0.571. The summed E-state index contributed by atoms with van der Waals surface area (Å²) in [6, 6.07) is 6.56. The summed E-state index contributed by atoms with van der Waals surface area (Å²) in [6.45, 7) is 10.4. The van der Waals surface area contributed by atoms with Crippen LogP contribution in [-0.4, -0.2) is 11.9 Å². The molecule has 90 valence electrons. The van der Waals surface area contributed by atoms with Crippen LogP contribution < -0.4 is 5.32 Å². The van der Waals surface area contributed by atoms with Crippen molar-refractivity contribution in [2.75, 3.05) is 6.54 Å². The summed E-state index contributed by atoms with van der Waals surface area (Å²) in [5.41, 5.74) is 4.02. The lowest BCUT2D eigenvalue weighted by molar-refractivity contribution is 0.545. The molecule has 0 saturated carbocycles. The van der Waals surface area contributed by atoms with Gasteiger partial charge in [-0.3, -0.25) is 0 Å². The lowest BCUT2D eigenvalue weighted by Gasteiger charge is -2.15. The molecule has 0 amide bonds. The molecule has 0 saturated heterocycles. The van der Waals surface area contributed by atoms with Gasteiger partial charge in [-0.05, 0) is 30.9 Å². The Labute approximate surface area is 104 Å². The lowest BCUT2D eigenvalue weighted by Crippen LogP contribution is -2.26. The Morgan fingerprint density at radius 3 is 2.56 bits per heavy atom. The van der Waals surface area contributed by atoms with Gasteiger partial charge in [0.2, 0.25) is 0 Å². The minimum Gasteiger partial charge on any atom is -0.311 e. The van der Waals surface area contributed by atoms with Crippen LogP contribution in [0.5, 0.6) is 0 Å². The van der Waals surface area contributed by atoms with Gasteiger partial charge in [-0.25, -0.2) is 0 Å². The fourth-order valence-electron chi connectivity index (χ4n) is 1.57. The molecule has 2 heteroatoms. The molecule has 1 aromatic rings. The van der Waals surface area contributed by atoms with E-state index in [2.05, 4.69) is 51.2 Å². The molecular formula is C14H22ClN. The minimum absolute atomic E-state index is 0.213. The van der Waals surface area contributed by atoms with Crippen molar-refractivity contribution in [3.05, 3.63) is 34.9 Å². The van der Waals surface area contributed by atoms with Crippen molar-refractivity contribution in [3.63, 3.8) is 0 Å². The molecule has 0 aliphatic rings. The first kappa shape index (κ1) is 13.5. The molecule has 0 spiro atoms. The van der Waals surface area contributed by atoms with Crippen LogP contribution in [0.1, 0.15) is 30.5 Å². The molecule has 1 atom stereocenters. The lowest BCUT2D eigenvalue weighted by atomic mass is 10.1. The van der Waals surface area contributed by atoms with E-state index in [0.29, 0.717) is 5.92 Å². The van der Waals surface area contributed by atoms with Crippen molar-refractivity contribution in [2.45, 2.75) is 39.6 Å². The molecule has 0 heterocycles. The third kappa shape index (κ3) is 4.15. The van der Waals surface area contributed by atoms with Gasteiger partial charge in [-0.2, -0.15) is 0 Å². The van der Waals surface area contributed by atoms with Gasteiger partial charge in [-0.1, -0.05) is 37.6 Å². The van der Waals surface area contributed by atoms with Gasteiger partial charge in [0, 0.05) is 18.5 Å².